The zero-order valence-corrected chi connectivity index (χ0v) is 33.4. The van der Waals surface area contributed by atoms with Gasteiger partial charge in [-0.2, -0.15) is 0 Å². The first kappa shape index (κ1) is 41.3. The molecule has 0 spiro atoms. The fourth-order valence-corrected chi connectivity index (χ4v) is 9.53. The monoisotopic (exact) mass is 842 g/mol. The van der Waals surface area contributed by atoms with E-state index in [2.05, 4.69) is 0 Å². The molecule has 0 aromatic heterocycles. The largest absolute Gasteiger partial charge is 0.508 e. The maximum absolute atomic E-state index is 14.0. The zero-order chi connectivity index (χ0) is 41.3. The summed E-state index contributed by atoms with van der Waals surface area (Å²) in [5.41, 5.74) is 0. The number of benzene rings is 6. The van der Waals surface area contributed by atoms with Crippen LogP contribution in [0, 0.1) is 0 Å². The molecular weight excluding hydrogens is 805 g/mol. The molecule has 0 amide bonds. The first-order valence-electron chi connectivity index (χ1n) is 17.8. The lowest BCUT2D eigenvalue weighted by atomic mass is 10.3. The van der Waals surface area contributed by atoms with Gasteiger partial charge in [-0.05, 0) is 140 Å². The van der Waals surface area contributed by atoms with E-state index in [1.165, 1.54) is 127 Å². The fourth-order valence-electron chi connectivity index (χ4n) is 5.51. The molecule has 0 aliphatic heterocycles. The summed E-state index contributed by atoms with van der Waals surface area (Å²) in [7, 11) is -11.9. The highest BCUT2D eigenvalue weighted by Crippen LogP contribution is 2.38. The third-order valence-electron chi connectivity index (χ3n) is 8.47. The Hall–Kier alpha value is -6.29. The summed E-state index contributed by atoms with van der Waals surface area (Å²) in [5, 5.41) is 19.5. The van der Waals surface area contributed by atoms with Gasteiger partial charge in [0.25, 0.3) is 0 Å². The van der Waals surface area contributed by atoms with Crippen LogP contribution < -0.4 is 18.9 Å². The maximum Gasteiger partial charge on any atom is 0.210 e. The van der Waals surface area contributed by atoms with Crippen molar-refractivity contribution in [2.45, 2.75) is 42.7 Å². The topological polar surface area (TPSA) is 180 Å². The van der Waals surface area contributed by atoms with Crippen molar-refractivity contribution in [3.05, 3.63) is 152 Å². The van der Waals surface area contributed by atoms with Crippen molar-refractivity contribution < 1.29 is 54.4 Å². The Kier molecular flexibility index (Phi) is 12.7. The predicted molar refractivity (Wildman–Crippen MR) is 214 cm³/mol. The molecular formula is C43H38O12S3. The summed E-state index contributed by atoms with van der Waals surface area (Å²) < 4.78 is 103. The number of hydrogen-bond acceptors (Lipinski definition) is 12. The summed E-state index contributed by atoms with van der Waals surface area (Å²) in [6.45, 7) is 2.32. The van der Waals surface area contributed by atoms with Crippen LogP contribution in [0.5, 0.6) is 40.2 Å². The van der Waals surface area contributed by atoms with Crippen LogP contribution in [0.2, 0.25) is 0 Å². The summed E-state index contributed by atoms with van der Waals surface area (Å²) in [6.07, 6.45) is 3.98. The predicted octanol–water partition coefficient (Wildman–Crippen LogP) is 8.19. The van der Waals surface area contributed by atoms with Crippen LogP contribution in [0.3, 0.4) is 0 Å². The zero-order valence-electron chi connectivity index (χ0n) is 31.0. The van der Waals surface area contributed by atoms with Gasteiger partial charge in [-0.25, -0.2) is 25.3 Å². The number of aromatic hydroxyl groups is 2. The maximum atomic E-state index is 14.0. The Bertz CT molecular complexity index is 2710. The Balaban J connectivity index is 1.10. The van der Waals surface area contributed by atoms with Crippen LogP contribution in [0.1, 0.15) is 13.3 Å². The smallest absolute Gasteiger partial charge is 0.210 e. The number of phenols is 2. The third kappa shape index (κ3) is 9.45. The van der Waals surface area contributed by atoms with Crippen LogP contribution in [-0.2, 0) is 29.5 Å². The molecule has 0 radical (unpaired) electrons. The van der Waals surface area contributed by atoms with E-state index >= 15 is 0 Å². The minimum atomic E-state index is -4.12. The van der Waals surface area contributed by atoms with Crippen molar-refractivity contribution in [2.75, 3.05) is 19.8 Å². The van der Waals surface area contributed by atoms with Gasteiger partial charge in [0.2, 0.25) is 29.5 Å². The van der Waals surface area contributed by atoms with Gasteiger partial charge in [-0.3, -0.25) is 0 Å². The molecule has 58 heavy (non-hydrogen) atoms. The van der Waals surface area contributed by atoms with Gasteiger partial charge in [0.05, 0.1) is 26.2 Å². The van der Waals surface area contributed by atoms with Gasteiger partial charge in [0.15, 0.2) is 11.5 Å². The van der Waals surface area contributed by atoms with Gasteiger partial charge in [-0.15, -0.1) is 0 Å². The molecule has 0 saturated carbocycles. The Morgan fingerprint density at radius 1 is 0.483 bits per heavy atom. The second-order valence-electron chi connectivity index (χ2n) is 12.5. The lowest BCUT2D eigenvalue weighted by Crippen LogP contribution is -2.08. The highest BCUT2D eigenvalue weighted by Gasteiger charge is 2.26. The minimum Gasteiger partial charge on any atom is -0.508 e. The summed E-state index contributed by atoms with van der Waals surface area (Å²) in [4.78, 5) is -0.281. The number of phenolic OH excluding ortho intramolecular Hbond substituents is 2. The van der Waals surface area contributed by atoms with Crippen LogP contribution in [0.15, 0.2) is 181 Å². The molecule has 0 aliphatic carbocycles. The lowest BCUT2D eigenvalue weighted by Gasteiger charge is -2.16. The van der Waals surface area contributed by atoms with E-state index in [9.17, 15) is 35.5 Å². The lowest BCUT2D eigenvalue weighted by molar-refractivity contribution is 0.278. The summed E-state index contributed by atoms with van der Waals surface area (Å²) in [6, 6.07) is 32.8. The number of sulfone groups is 3. The first-order valence-corrected chi connectivity index (χ1v) is 22.2. The molecule has 0 bridgehead atoms. The average molecular weight is 843 g/mol. The molecule has 0 heterocycles. The number of para-hydroxylation sites is 2. The Morgan fingerprint density at radius 2 is 0.948 bits per heavy atom. The van der Waals surface area contributed by atoms with Gasteiger partial charge in [-0.1, -0.05) is 25.1 Å². The van der Waals surface area contributed by atoms with Crippen LogP contribution in [0.4, 0.5) is 0 Å². The van der Waals surface area contributed by atoms with Crippen molar-refractivity contribution >= 4 is 29.5 Å². The highest BCUT2D eigenvalue weighted by molar-refractivity contribution is 7.92. The van der Waals surface area contributed by atoms with Gasteiger partial charge < -0.3 is 29.2 Å². The normalized spacial score (nSPS) is 11.9. The van der Waals surface area contributed by atoms with E-state index in [4.69, 9.17) is 18.9 Å². The average Bonchev–Trinajstić information content (AvgIpc) is 3.22. The molecule has 0 aliphatic rings. The van der Waals surface area contributed by atoms with E-state index in [1.807, 2.05) is 6.92 Å². The Labute approximate surface area is 337 Å². The summed E-state index contributed by atoms with van der Waals surface area (Å²) in [5.74, 6) is 0.931. The molecule has 6 rings (SSSR count). The quantitative estimate of drug-likeness (QED) is 0.0842. The van der Waals surface area contributed by atoms with E-state index < -0.39 is 29.5 Å². The molecule has 0 atom stereocenters. The van der Waals surface area contributed by atoms with E-state index in [1.54, 1.807) is 24.3 Å². The van der Waals surface area contributed by atoms with E-state index in [-0.39, 0.29) is 65.6 Å². The molecule has 12 nitrogen and oxygen atoms in total. The fraction of sp³-hybridized carbons (Fsp3) is 0.116. The van der Waals surface area contributed by atoms with Gasteiger partial charge >= 0.3 is 0 Å². The van der Waals surface area contributed by atoms with Crippen molar-refractivity contribution in [1.82, 2.24) is 0 Å². The first-order chi connectivity index (χ1) is 27.8. The SMILES string of the molecule is CCCOc1cccc(S(=O)(=O)c2ccc(Oc3ccc(S(=O)(=O)c4ccc(O)cc4)cc3)cc2)c1OCC=CCOc1ccc(S(=O)(=O)c2ccccc2O)cc1. The second-order valence-corrected chi connectivity index (χ2v) is 18.3. The standard InChI is InChI=1S/C43H38O12S3/c1-2-28-53-40-9-7-11-42(43(40)54-30-6-5-29-52-32-14-22-37(23-15-32)57(48,49)41-10-4-3-8-39(41)45)58(50,51)38-26-18-34(19-27-38)55-33-16-24-36(25-17-33)56(46,47)35-20-12-31(44)13-21-35/h3-27,44-45H,2,28-30H2,1H3. The van der Waals surface area contributed by atoms with Crippen molar-refractivity contribution in [3.63, 3.8) is 0 Å². The van der Waals surface area contributed by atoms with Gasteiger partial charge in [0, 0.05) is 0 Å². The van der Waals surface area contributed by atoms with E-state index in [0.717, 1.165) is 0 Å². The van der Waals surface area contributed by atoms with Crippen molar-refractivity contribution in [3.8, 4) is 40.2 Å². The van der Waals surface area contributed by atoms with E-state index in [0.29, 0.717) is 30.3 Å². The highest BCUT2D eigenvalue weighted by atomic mass is 32.2. The van der Waals surface area contributed by atoms with Crippen LogP contribution in [0.25, 0.3) is 0 Å². The molecule has 0 fully saturated rings. The molecule has 2 N–H and O–H groups in total. The number of ether oxygens (including phenoxy) is 4. The van der Waals surface area contributed by atoms with Crippen molar-refractivity contribution in [2.24, 2.45) is 0 Å². The minimum absolute atomic E-state index is 0.00412. The number of hydrogen-bond donors (Lipinski definition) is 2. The Morgan fingerprint density at radius 3 is 1.50 bits per heavy atom. The van der Waals surface area contributed by atoms with Crippen LogP contribution >= 0.6 is 0 Å². The molecule has 6 aromatic carbocycles. The summed E-state index contributed by atoms with van der Waals surface area (Å²) >= 11 is 0. The van der Waals surface area contributed by atoms with Crippen molar-refractivity contribution in [1.29, 1.82) is 0 Å². The third-order valence-corrected chi connectivity index (χ3v) is 13.9. The molecule has 15 heteroatoms. The molecule has 6 aromatic rings. The molecule has 0 unspecified atom stereocenters. The second kappa shape index (κ2) is 17.9. The number of rotatable bonds is 17. The molecule has 0 saturated heterocycles. The van der Waals surface area contributed by atoms with Crippen LogP contribution in [-0.4, -0.2) is 55.3 Å². The molecule has 300 valence electrons. The van der Waals surface area contributed by atoms with Gasteiger partial charge in [0.1, 0.15) is 51.8 Å².